The van der Waals surface area contributed by atoms with Crippen LogP contribution in [0.5, 0.6) is 11.5 Å². The first kappa shape index (κ1) is 27.6. The van der Waals surface area contributed by atoms with Crippen LogP contribution in [0.1, 0.15) is 62.8 Å². The van der Waals surface area contributed by atoms with Gasteiger partial charge < -0.3 is 30.0 Å². The normalized spacial score (nSPS) is 17.7. The number of amides is 1. The molecular formula is C28H41N7O3. The summed E-state index contributed by atoms with van der Waals surface area (Å²) in [5.41, 5.74) is 1.25. The Morgan fingerprint density at radius 3 is 2.50 bits per heavy atom. The van der Waals surface area contributed by atoms with Crippen molar-refractivity contribution in [1.29, 1.82) is 5.41 Å². The molecule has 1 saturated heterocycles. The van der Waals surface area contributed by atoms with E-state index in [2.05, 4.69) is 30.7 Å². The zero-order chi connectivity index (χ0) is 26.7. The van der Waals surface area contributed by atoms with E-state index < -0.39 is 5.91 Å². The van der Waals surface area contributed by atoms with Gasteiger partial charge in [0.25, 0.3) is 5.91 Å². The van der Waals surface area contributed by atoms with Gasteiger partial charge in [0.15, 0.2) is 0 Å². The quantitative estimate of drug-likeness (QED) is 0.297. The van der Waals surface area contributed by atoms with E-state index >= 15 is 0 Å². The molecular weight excluding hydrogens is 482 g/mol. The Labute approximate surface area is 225 Å². The number of H-pyrrole nitrogens is 1. The molecule has 206 valence electrons. The highest BCUT2D eigenvalue weighted by Crippen LogP contribution is 2.35. The summed E-state index contributed by atoms with van der Waals surface area (Å²) in [7, 11) is 3.22. The van der Waals surface area contributed by atoms with E-state index in [1.165, 1.54) is 19.3 Å². The number of aromatic nitrogens is 3. The highest BCUT2D eigenvalue weighted by Gasteiger charge is 2.24. The van der Waals surface area contributed by atoms with Gasteiger partial charge in [0, 0.05) is 25.0 Å². The van der Waals surface area contributed by atoms with Crippen molar-refractivity contribution in [3.8, 4) is 11.5 Å². The fourth-order valence-electron chi connectivity index (χ4n) is 5.38. The van der Waals surface area contributed by atoms with E-state index in [0.29, 0.717) is 29.2 Å². The minimum Gasteiger partial charge on any atom is -0.496 e. The number of carbonyl (C=O) groups is 1. The molecule has 2 fully saturated rings. The molecule has 1 aliphatic heterocycles. The van der Waals surface area contributed by atoms with Gasteiger partial charge in [-0.15, -0.1) is 10.2 Å². The van der Waals surface area contributed by atoms with Crippen molar-refractivity contribution in [3.05, 3.63) is 42.0 Å². The molecule has 4 rings (SSSR count). The van der Waals surface area contributed by atoms with E-state index in [1.807, 2.05) is 18.2 Å². The topological polar surface area (TPSA) is 128 Å². The number of hydrogen-bond donors (Lipinski definition) is 4. The lowest BCUT2D eigenvalue weighted by Crippen LogP contribution is -2.43. The summed E-state index contributed by atoms with van der Waals surface area (Å²) in [5, 5.41) is 23.4. The third-order valence-corrected chi connectivity index (χ3v) is 7.43. The molecule has 1 aromatic heterocycles. The number of piperidine rings is 1. The number of nitrogens with one attached hydrogen (secondary N) is 4. The van der Waals surface area contributed by atoms with Gasteiger partial charge in [0.1, 0.15) is 29.4 Å². The van der Waals surface area contributed by atoms with Crippen LogP contribution >= 0.6 is 0 Å². The smallest absolute Gasteiger partial charge is 0.269 e. The molecule has 1 aliphatic carbocycles. The van der Waals surface area contributed by atoms with E-state index in [0.717, 1.165) is 57.6 Å². The highest BCUT2D eigenvalue weighted by molar-refractivity contribution is 6.43. The van der Waals surface area contributed by atoms with E-state index in [9.17, 15) is 4.79 Å². The number of carbonyl (C=O) groups excluding carboxylic acids is 1. The molecule has 1 atom stereocenters. The molecule has 1 amide bonds. The number of benzene rings is 1. The van der Waals surface area contributed by atoms with Gasteiger partial charge in [-0.2, -0.15) is 0 Å². The number of nitrogens with zero attached hydrogens (tertiary/aromatic N) is 3. The minimum atomic E-state index is -0.423. The van der Waals surface area contributed by atoms with Gasteiger partial charge in [0.05, 0.1) is 25.5 Å². The van der Waals surface area contributed by atoms with Gasteiger partial charge >= 0.3 is 0 Å². The molecule has 2 aliphatic rings. The fraction of sp³-hybridized carbons (Fsp3) is 0.571. The van der Waals surface area contributed by atoms with Crippen LogP contribution in [0.4, 0.5) is 0 Å². The van der Waals surface area contributed by atoms with Gasteiger partial charge in [0.2, 0.25) is 0 Å². The Balaban J connectivity index is 1.52. The first-order valence-electron chi connectivity index (χ1n) is 13.7. The summed E-state index contributed by atoms with van der Waals surface area (Å²) in [6.45, 7) is 3.09. The maximum Gasteiger partial charge on any atom is 0.269 e. The minimum absolute atomic E-state index is 0.126. The highest BCUT2D eigenvalue weighted by atomic mass is 16.5. The predicted molar refractivity (Wildman–Crippen MR) is 148 cm³/mol. The maximum absolute atomic E-state index is 13.3. The van der Waals surface area contributed by atoms with Crippen LogP contribution in [0.15, 0.2) is 30.6 Å². The molecule has 0 bridgehead atoms. The summed E-state index contributed by atoms with van der Waals surface area (Å²) in [4.78, 5) is 18.8. The molecule has 10 heteroatoms. The maximum atomic E-state index is 13.3. The van der Waals surface area contributed by atoms with Crippen molar-refractivity contribution >= 4 is 17.3 Å². The zero-order valence-corrected chi connectivity index (χ0v) is 22.6. The molecule has 0 radical (unpaired) electrons. The van der Waals surface area contributed by atoms with Gasteiger partial charge in [-0.25, -0.2) is 0 Å². The number of rotatable bonds is 13. The van der Waals surface area contributed by atoms with Crippen LogP contribution in [0.2, 0.25) is 0 Å². The third kappa shape index (κ3) is 7.56. The predicted octanol–water partition coefficient (Wildman–Crippen LogP) is 3.32. The van der Waals surface area contributed by atoms with Crippen LogP contribution in [0.25, 0.3) is 5.70 Å². The Hall–Kier alpha value is -3.40. The van der Waals surface area contributed by atoms with Gasteiger partial charge in [-0.3, -0.25) is 10.2 Å². The standard InChI is InChI=1S/C28H41N7O3/c1-37-24-11-8-12-25(38-2)27(24)23(32-20-9-4-5-10-20)18-22(29)28(36)33-21(17-26-30-19-31-34-26)13-16-35-14-6-3-7-15-35/h8,11-12,18-21,29,32H,3-7,9-10,13-17H2,1-2H3,(H,33,36)(H,30,31,34)/b23-18-,29-22?. The van der Waals surface area contributed by atoms with E-state index in [1.54, 1.807) is 26.6 Å². The summed E-state index contributed by atoms with van der Waals surface area (Å²) < 4.78 is 11.3. The van der Waals surface area contributed by atoms with Crippen molar-refractivity contribution in [3.63, 3.8) is 0 Å². The Morgan fingerprint density at radius 2 is 1.87 bits per heavy atom. The van der Waals surface area contributed by atoms with Crippen molar-refractivity contribution in [1.82, 2.24) is 30.7 Å². The average molecular weight is 524 g/mol. The van der Waals surface area contributed by atoms with Crippen molar-refractivity contribution in [2.75, 3.05) is 33.9 Å². The Bertz CT molecular complexity index is 1050. The lowest BCUT2D eigenvalue weighted by Gasteiger charge is -2.28. The molecule has 1 aromatic carbocycles. The number of ether oxygens (including phenoxy) is 2. The molecule has 10 nitrogen and oxygen atoms in total. The Morgan fingerprint density at radius 1 is 1.16 bits per heavy atom. The summed E-state index contributed by atoms with van der Waals surface area (Å²) in [6, 6.07) is 5.69. The molecule has 1 unspecified atom stereocenters. The second-order valence-electron chi connectivity index (χ2n) is 10.1. The molecule has 38 heavy (non-hydrogen) atoms. The average Bonchev–Trinajstić information content (AvgIpc) is 3.66. The SMILES string of the molecule is COc1cccc(OC)c1/C(=C/C(=N)C(=O)NC(CCN1CCCCC1)Cc1nnc[nH]1)NC1CCCC1. The lowest BCUT2D eigenvalue weighted by molar-refractivity contribution is -0.115. The number of likely N-dealkylation sites (tertiary alicyclic amines) is 1. The summed E-state index contributed by atoms with van der Waals surface area (Å²) in [5.74, 6) is 1.55. The van der Waals surface area contributed by atoms with Crippen LogP contribution < -0.4 is 20.1 Å². The Kier molecular flexibility index (Phi) is 10.1. The van der Waals surface area contributed by atoms with Crippen LogP contribution in [-0.4, -0.2) is 77.6 Å². The second-order valence-corrected chi connectivity index (χ2v) is 10.1. The number of aromatic amines is 1. The van der Waals surface area contributed by atoms with Gasteiger partial charge in [-0.05, 0) is 63.4 Å². The second kappa shape index (κ2) is 13.9. The summed E-state index contributed by atoms with van der Waals surface area (Å²) >= 11 is 0. The zero-order valence-electron chi connectivity index (χ0n) is 22.6. The van der Waals surface area contributed by atoms with Gasteiger partial charge in [-0.1, -0.05) is 25.3 Å². The van der Waals surface area contributed by atoms with Crippen LogP contribution in [-0.2, 0) is 11.2 Å². The monoisotopic (exact) mass is 523 g/mol. The van der Waals surface area contributed by atoms with Crippen LogP contribution in [0, 0.1) is 5.41 Å². The first-order chi connectivity index (χ1) is 18.6. The molecule has 0 spiro atoms. The van der Waals surface area contributed by atoms with E-state index in [4.69, 9.17) is 14.9 Å². The summed E-state index contributed by atoms with van der Waals surface area (Å²) in [6.07, 6.45) is 12.6. The number of methoxy groups -OCH3 is 2. The molecule has 1 saturated carbocycles. The molecule has 2 heterocycles. The largest absolute Gasteiger partial charge is 0.496 e. The third-order valence-electron chi connectivity index (χ3n) is 7.43. The number of hydrogen-bond acceptors (Lipinski definition) is 8. The molecule has 2 aromatic rings. The molecule has 4 N–H and O–H groups in total. The lowest BCUT2D eigenvalue weighted by atomic mass is 10.0. The first-order valence-corrected chi connectivity index (χ1v) is 13.7. The van der Waals surface area contributed by atoms with E-state index in [-0.39, 0.29) is 17.8 Å². The van der Waals surface area contributed by atoms with Crippen molar-refractivity contribution in [2.45, 2.75) is 69.9 Å². The fourth-order valence-corrected chi connectivity index (χ4v) is 5.38. The van der Waals surface area contributed by atoms with Crippen molar-refractivity contribution in [2.24, 2.45) is 0 Å². The van der Waals surface area contributed by atoms with Crippen LogP contribution in [0.3, 0.4) is 0 Å². The van der Waals surface area contributed by atoms with Crippen molar-refractivity contribution < 1.29 is 14.3 Å².